The summed E-state index contributed by atoms with van der Waals surface area (Å²) in [4.78, 5) is 32.3. The molecule has 0 bridgehead atoms. The third-order valence-electron chi connectivity index (χ3n) is 3.22. The predicted molar refractivity (Wildman–Crippen MR) is 95.5 cm³/mol. The van der Waals surface area contributed by atoms with Gasteiger partial charge in [0.15, 0.2) is 0 Å². The third-order valence-corrected chi connectivity index (χ3v) is 3.22. The summed E-state index contributed by atoms with van der Waals surface area (Å²) in [6, 6.07) is 12.7. The molecule has 0 aliphatic carbocycles. The van der Waals surface area contributed by atoms with Crippen molar-refractivity contribution in [3.63, 3.8) is 0 Å². The molecule has 0 aliphatic heterocycles. The summed E-state index contributed by atoms with van der Waals surface area (Å²) in [7, 11) is 0. The van der Waals surface area contributed by atoms with E-state index in [4.69, 9.17) is 5.26 Å². The molecule has 0 spiro atoms. The number of hydrogen-bond donors (Lipinski definition) is 1. The maximum atomic E-state index is 12.0. The van der Waals surface area contributed by atoms with Gasteiger partial charge in [0, 0.05) is 29.8 Å². The Balaban J connectivity index is 2.12. The normalized spacial score (nSPS) is 11.0. The molecule has 134 valence electrons. The summed E-state index contributed by atoms with van der Waals surface area (Å²) < 4.78 is 0. The second-order valence-corrected chi connectivity index (χ2v) is 5.07. The Hall–Kier alpha value is -4.39. The van der Waals surface area contributed by atoms with Crippen LogP contribution in [0.1, 0.15) is 11.1 Å². The molecular formula is C17H11N5O5. The Bertz CT molecular complexity index is 1010. The number of hydrogen-bond acceptors (Lipinski definition) is 7. The zero-order valence-electron chi connectivity index (χ0n) is 13.6. The van der Waals surface area contributed by atoms with Crippen LogP contribution in [0.4, 0.5) is 11.4 Å². The zero-order valence-corrected chi connectivity index (χ0v) is 13.6. The minimum Gasteiger partial charge on any atom is -0.267 e. The number of carbonyl (C=O) groups is 1. The quantitative estimate of drug-likeness (QED) is 0.273. The monoisotopic (exact) mass is 365 g/mol. The number of non-ortho nitro benzene ring substituents is 2. The van der Waals surface area contributed by atoms with E-state index in [2.05, 4.69) is 10.5 Å². The van der Waals surface area contributed by atoms with E-state index >= 15 is 0 Å². The van der Waals surface area contributed by atoms with Crippen molar-refractivity contribution < 1.29 is 14.6 Å². The Kier molecular flexibility index (Phi) is 6.06. The van der Waals surface area contributed by atoms with E-state index in [1.54, 1.807) is 12.1 Å². The van der Waals surface area contributed by atoms with Crippen LogP contribution in [0, 0.1) is 31.6 Å². The molecule has 2 rings (SSSR count). The number of carbonyl (C=O) groups excluding carboxylic acids is 1. The van der Waals surface area contributed by atoms with Crippen LogP contribution in [0.15, 0.2) is 59.2 Å². The summed E-state index contributed by atoms with van der Waals surface area (Å²) in [5.41, 5.74) is 2.19. The van der Waals surface area contributed by atoms with E-state index in [1.165, 1.54) is 54.8 Å². The SMILES string of the molecule is N#C/C(=C\c1cccc([N+](=O)[O-])c1)C(=O)N/N=C/c1cccc([N+](=O)[O-])c1. The fourth-order valence-electron chi connectivity index (χ4n) is 1.99. The standard InChI is InChI=1S/C17H11N5O5/c18-10-14(7-12-3-1-5-15(8-12)21(24)25)17(23)20-19-11-13-4-2-6-16(9-13)22(26)27/h1-9,11H,(H,20,23)/b14-7+,19-11+. The topological polar surface area (TPSA) is 152 Å². The molecule has 10 nitrogen and oxygen atoms in total. The van der Waals surface area contributed by atoms with Crippen LogP contribution in [-0.2, 0) is 4.79 Å². The highest BCUT2D eigenvalue weighted by molar-refractivity contribution is 6.02. The summed E-state index contributed by atoms with van der Waals surface area (Å²) in [5, 5.41) is 34.2. The van der Waals surface area contributed by atoms with Crippen LogP contribution in [0.5, 0.6) is 0 Å². The van der Waals surface area contributed by atoms with Gasteiger partial charge in [-0.3, -0.25) is 25.0 Å². The number of rotatable bonds is 6. The maximum absolute atomic E-state index is 12.0. The number of nitriles is 1. The highest BCUT2D eigenvalue weighted by Gasteiger charge is 2.10. The maximum Gasteiger partial charge on any atom is 0.282 e. The Morgan fingerprint density at radius 2 is 1.59 bits per heavy atom. The van der Waals surface area contributed by atoms with Crippen molar-refractivity contribution in [3.8, 4) is 6.07 Å². The molecule has 2 aromatic carbocycles. The first-order valence-corrected chi connectivity index (χ1v) is 7.35. The summed E-state index contributed by atoms with van der Waals surface area (Å²) >= 11 is 0. The van der Waals surface area contributed by atoms with E-state index in [0.717, 1.165) is 0 Å². The highest BCUT2D eigenvalue weighted by Crippen LogP contribution is 2.16. The van der Waals surface area contributed by atoms with E-state index in [1.807, 2.05) is 0 Å². The Morgan fingerprint density at radius 3 is 2.15 bits per heavy atom. The molecular weight excluding hydrogens is 354 g/mol. The molecule has 0 unspecified atom stereocenters. The van der Waals surface area contributed by atoms with Gasteiger partial charge in [0.1, 0.15) is 11.6 Å². The lowest BCUT2D eigenvalue weighted by atomic mass is 10.1. The number of amides is 1. The van der Waals surface area contributed by atoms with E-state index in [9.17, 15) is 25.0 Å². The molecule has 0 aliphatic rings. The van der Waals surface area contributed by atoms with Gasteiger partial charge in [-0.1, -0.05) is 24.3 Å². The lowest BCUT2D eigenvalue weighted by Crippen LogP contribution is -2.19. The van der Waals surface area contributed by atoms with Gasteiger partial charge in [-0.15, -0.1) is 0 Å². The Morgan fingerprint density at radius 1 is 1.04 bits per heavy atom. The largest absolute Gasteiger partial charge is 0.282 e. The van der Waals surface area contributed by atoms with Crippen LogP contribution in [-0.4, -0.2) is 22.0 Å². The number of hydrazone groups is 1. The highest BCUT2D eigenvalue weighted by atomic mass is 16.6. The first-order chi connectivity index (χ1) is 12.9. The average molecular weight is 365 g/mol. The van der Waals surface area contributed by atoms with Crippen LogP contribution in [0.25, 0.3) is 6.08 Å². The van der Waals surface area contributed by atoms with Gasteiger partial charge >= 0.3 is 0 Å². The lowest BCUT2D eigenvalue weighted by Gasteiger charge is -1.99. The van der Waals surface area contributed by atoms with Crippen LogP contribution in [0.2, 0.25) is 0 Å². The minimum atomic E-state index is -0.828. The number of nitro groups is 2. The lowest BCUT2D eigenvalue weighted by molar-refractivity contribution is -0.385. The zero-order chi connectivity index (χ0) is 19.8. The molecule has 27 heavy (non-hydrogen) atoms. The second kappa shape index (κ2) is 8.63. The summed E-state index contributed by atoms with van der Waals surface area (Å²) in [5.74, 6) is -0.828. The fraction of sp³-hybridized carbons (Fsp3) is 0. The molecule has 0 fully saturated rings. The number of nitrogens with zero attached hydrogens (tertiary/aromatic N) is 4. The van der Waals surface area contributed by atoms with E-state index in [0.29, 0.717) is 11.1 Å². The van der Waals surface area contributed by atoms with Gasteiger partial charge in [0.25, 0.3) is 17.3 Å². The Labute approximate surface area is 152 Å². The van der Waals surface area contributed by atoms with Crippen molar-refractivity contribution in [1.82, 2.24) is 5.43 Å². The molecule has 0 heterocycles. The molecule has 0 saturated carbocycles. The molecule has 0 radical (unpaired) electrons. The van der Waals surface area contributed by atoms with Gasteiger partial charge in [0.2, 0.25) is 0 Å². The minimum absolute atomic E-state index is 0.131. The van der Waals surface area contributed by atoms with Crippen molar-refractivity contribution in [2.24, 2.45) is 5.10 Å². The number of nitrogens with one attached hydrogen (secondary N) is 1. The smallest absolute Gasteiger partial charge is 0.267 e. The summed E-state index contributed by atoms with van der Waals surface area (Å²) in [6.07, 6.45) is 2.37. The average Bonchev–Trinajstić information content (AvgIpc) is 2.66. The molecule has 2 aromatic rings. The van der Waals surface area contributed by atoms with Gasteiger partial charge in [0.05, 0.1) is 16.1 Å². The van der Waals surface area contributed by atoms with Crippen LogP contribution in [0.3, 0.4) is 0 Å². The third kappa shape index (κ3) is 5.30. The van der Waals surface area contributed by atoms with Crippen molar-refractivity contribution in [2.75, 3.05) is 0 Å². The van der Waals surface area contributed by atoms with Gasteiger partial charge in [-0.25, -0.2) is 5.43 Å². The van der Waals surface area contributed by atoms with Gasteiger partial charge in [-0.05, 0) is 11.6 Å². The van der Waals surface area contributed by atoms with Gasteiger partial charge in [-0.2, -0.15) is 10.4 Å². The van der Waals surface area contributed by atoms with Crippen molar-refractivity contribution in [2.45, 2.75) is 0 Å². The molecule has 0 atom stereocenters. The summed E-state index contributed by atoms with van der Waals surface area (Å²) in [6.45, 7) is 0. The second-order valence-electron chi connectivity index (χ2n) is 5.07. The van der Waals surface area contributed by atoms with Gasteiger partial charge < -0.3 is 0 Å². The molecule has 0 aromatic heterocycles. The van der Waals surface area contributed by atoms with Crippen molar-refractivity contribution in [3.05, 3.63) is 85.5 Å². The first-order valence-electron chi connectivity index (χ1n) is 7.35. The molecule has 1 N–H and O–H groups in total. The van der Waals surface area contributed by atoms with Crippen molar-refractivity contribution >= 4 is 29.6 Å². The van der Waals surface area contributed by atoms with E-state index < -0.39 is 15.8 Å². The van der Waals surface area contributed by atoms with E-state index in [-0.39, 0.29) is 16.9 Å². The molecule has 10 heteroatoms. The first kappa shape index (κ1) is 18.9. The fourth-order valence-corrected chi connectivity index (χ4v) is 1.99. The number of nitro benzene ring substituents is 2. The van der Waals surface area contributed by atoms with Crippen molar-refractivity contribution in [1.29, 1.82) is 5.26 Å². The molecule has 0 saturated heterocycles. The van der Waals surface area contributed by atoms with Crippen LogP contribution < -0.4 is 5.43 Å². The predicted octanol–water partition coefficient (Wildman–Crippen LogP) is 2.56. The number of benzene rings is 2. The van der Waals surface area contributed by atoms with Crippen LogP contribution >= 0.6 is 0 Å². The molecule has 1 amide bonds.